The summed E-state index contributed by atoms with van der Waals surface area (Å²) in [5.41, 5.74) is 1.27. The van der Waals surface area contributed by atoms with E-state index in [9.17, 15) is 14.4 Å². The maximum Gasteiger partial charge on any atom is 0.325 e. The van der Waals surface area contributed by atoms with Crippen LogP contribution in [0.25, 0.3) is 0 Å². The molecule has 3 amide bonds. The third-order valence-corrected chi connectivity index (χ3v) is 6.69. The van der Waals surface area contributed by atoms with Gasteiger partial charge in [-0.1, -0.05) is 0 Å². The van der Waals surface area contributed by atoms with Gasteiger partial charge in [-0.15, -0.1) is 11.3 Å². The van der Waals surface area contributed by atoms with Crippen LogP contribution in [-0.4, -0.2) is 68.3 Å². The van der Waals surface area contributed by atoms with E-state index in [1.54, 1.807) is 37.1 Å². The normalized spacial score (nSPS) is 17.2. The molecule has 1 aliphatic carbocycles. The molecule has 1 aromatic carbocycles. The van der Waals surface area contributed by atoms with Crippen LogP contribution in [0.4, 0.5) is 15.6 Å². The maximum atomic E-state index is 13.0. The van der Waals surface area contributed by atoms with Crippen LogP contribution < -0.4 is 19.7 Å². The lowest BCUT2D eigenvalue weighted by Gasteiger charge is -2.20. The van der Waals surface area contributed by atoms with Gasteiger partial charge in [0.15, 0.2) is 5.13 Å². The predicted octanol–water partition coefficient (Wildman–Crippen LogP) is 2.63. The number of urea groups is 1. The van der Waals surface area contributed by atoms with E-state index < -0.39 is 0 Å². The molecule has 176 valence electrons. The molecule has 33 heavy (non-hydrogen) atoms. The first-order chi connectivity index (χ1) is 15.9. The van der Waals surface area contributed by atoms with Crippen molar-refractivity contribution in [2.24, 2.45) is 0 Å². The lowest BCUT2D eigenvalue weighted by molar-refractivity contribution is -0.145. The molecule has 2 heterocycles. The van der Waals surface area contributed by atoms with Crippen molar-refractivity contribution in [1.29, 1.82) is 0 Å². The van der Waals surface area contributed by atoms with E-state index in [4.69, 9.17) is 14.2 Å². The Morgan fingerprint density at radius 3 is 2.79 bits per heavy atom. The summed E-state index contributed by atoms with van der Waals surface area (Å²) in [6.07, 6.45) is 1.40. The highest BCUT2D eigenvalue weighted by Crippen LogP contribution is 2.39. The van der Waals surface area contributed by atoms with Crippen LogP contribution in [0, 0.1) is 0 Å². The number of carbonyl (C=O) groups is 3. The number of rotatable bonds is 8. The first-order valence-electron chi connectivity index (χ1n) is 10.7. The van der Waals surface area contributed by atoms with E-state index in [0.717, 1.165) is 11.3 Å². The average Bonchev–Trinajstić information content (AvgIpc) is 3.48. The number of nitrogens with one attached hydrogen (secondary N) is 1. The topological polar surface area (TPSA) is 110 Å². The summed E-state index contributed by atoms with van der Waals surface area (Å²) in [7, 11) is 3.09. The molecule has 0 spiro atoms. The van der Waals surface area contributed by atoms with Crippen molar-refractivity contribution in [3.63, 3.8) is 0 Å². The van der Waals surface area contributed by atoms with Gasteiger partial charge in [-0.3, -0.25) is 14.5 Å². The fraction of sp³-hybridized carbons (Fsp3) is 0.455. The number of aryl methyl sites for hydroxylation is 1. The number of hydrogen-bond donors (Lipinski definition) is 1. The number of methoxy groups -OCH3 is 2. The van der Waals surface area contributed by atoms with E-state index in [2.05, 4.69) is 10.3 Å². The van der Waals surface area contributed by atoms with E-state index in [1.807, 2.05) is 0 Å². The van der Waals surface area contributed by atoms with Gasteiger partial charge in [-0.2, -0.15) is 0 Å². The number of hydrogen-bond acceptors (Lipinski definition) is 8. The first-order valence-corrected chi connectivity index (χ1v) is 11.5. The Morgan fingerprint density at radius 1 is 1.24 bits per heavy atom. The summed E-state index contributed by atoms with van der Waals surface area (Å²) in [5.74, 6) is 0.142. The Labute approximate surface area is 195 Å². The van der Waals surface area contributed by atoms with Crippen molar-refractivity contribution < 1.29 is 28.6 Å². The van der Waals surface area contributed by atoms with E-state index >= 15 is 0 Å². The Morgan fingerprint density at radius 2 is 2.06 bits per heavy atom. The number of fused-ring (bicyclic) bond motifs is 1. The van der Waals surface area contributed by atoms with Gasteiger partial charge < -0.3 is 24.4 Å². The third kappa shape index (κ3) is 4.58. The summed E-state index contributed by atoms with van der Waals surface area (Å²) in [5, 5.41) is 3.19. The summed E-state index contributed by atoms with van der Waals surface area (Å²) in [6, 6.07) is 4.94. The number of esters is 1. The number of amides is 3. The zero-order chi connectivity index (χ0) is 23.5. The summed E-state index contributed by atoms with van der Waals surface area (Å²) in [6.45, 7) is 2.80. The van der Waals surface area contributed by atoms with Gasteiger partial charge >= 0.3 is 12.0 Å². The second-order valence-electron chi connectivity index (χ2n) is 7.61. The van der Waals surface area contributed by atoms with Gasteiger partial charge in [-0.05, 0) is 31.9 Å². The molecule has 1 fully saturated rings. The predicted molar refractivity (Wildman–Crippen MR) is 122 cm³/mol. The van der Waals surface area contributed by atoms with Gasteiger partial charge in [0.1, 0.15) is 24.0 Å². The zero-order valence-corrected chi connectivity index (χ0v) is 19.6. The summed E-state index contributed by atoms with van der Waals surface area (Å²) in [4.78, 5) is 46.2. The SMILES string of the molecule is CCOC(=O)C1CCc2sc(NC(=O)CN3CCN(c4cc(OC)ccc4OC)C3=O)nc21. The van der Waals surface area contributed by atoms with Crippen LogP contribution in [0.3, 0.4) is 0 Å². The fourth-order valence-electron chi connectivity index (χ4n) is 4.05. The van der Waals surface area contributed by atoms with Crippen molar-refractivity contribution in [1.82, 2.24) is 9.88 Å². The molecule has 11 heteroatoms. The number of benzene rings is 1. The first kappa shape index (κ1) is 22.8. The standard InChI is InChI=1S/C22H26N4O6S/c1-4-32-20(28)14-6-8-17-19(14)24-21(33-17)23-18(27)12-25-9-10-26(22(25)29)15-11-13(30-2)5-7-16(15)31-3/h5,7,11,14H,4,6,8-10,12H2,1-3H3,(H,23,24,27). The van der Waals surface area contributed by atoms with Gasteiger partial charge in [0, 0.05) is 24.0 Å². The molecule has 1 N–H and O–H groups in total. The molecular formula is C22H26N4O6S. The van der Waals surface area contributed by atoms with Gasteiger partial charge in [0.2, 0.25) is 5.91 Å². The lowest BCUT2D eigenvalue weighted by atomic mass is 10.1. The van der Waals surface area contributed by atoms with Gasteiger partial charge in [-0.25, -0.2) is 9.78 Å². The molecule has 1 aromatic heterocycles. The molecule has 1 unspecified atom stereocenters. The van der Waals surface area contributed by atoms with Crippen LogP contribution in [0.1, 0.15) is 29.8 Å². The maximum absolute atomic E-state index is 13.0. The number of nitrogens with zero attached hydrogens (tertiary/aromatic N) is 3. The lowest BCUT2D eigenvalue weighted by Crippen LogP contribution is -2.37. The van der Waals surface area contributed by atoms with Crippen molar-refractivity contribution in [3.05, 3.63) is 28.8 Å². The molecule has 0 bridgehead atoms. The quantitative estimate of drug-likeness (QED) is 0.586. The van der Waals surface area contributed by atoms with Gasteiger partial charge in [0.25, 0.3) is 0 Å². The van der Waals surface area contributed by atoms with Crippen molar-refractivity contribution >= 4 is 40.1 Å². The highest BCUT2D eigenvalue weighted by Gasteiger charge is 2.35. The molecule has 1 atom stereocenters. The number of anilines is 2. The Bertz CT molecular complexity index is 1070. The fourth-order valence-corrected chi connectivity index (χ4v) is 5.10. The number of aromatic nitrogens is 1. The second-order valence-corrected chi connectivity index (χ2v) is 8.70. The zero-order valence-electron chi connectivity index (χ0n) is 18.8. The Hall–Kier alpha value is -3.34. The van der Waals surface area contributed by atoms with Crippen molar-refractivity contribution in [3.8, 4) is 11.5 Å². The molecule has 0 saturated carbocycles. The van der Waals surface area contributed by atoms with Crippen LogP contribution in [-0.2, 0) is 20.7 Å². The largest absolute Gasteiger partial charge is 0.497 e. The molecule has 2 aromatic rings. The monoisotopic (exact) mass is 474 g/mol. The average molecular weight is 475 g/mol. The number of ether oxygens (including phenoxy) is 3. The minimum atomic E-state index is -0.381. The van der Waals surface area contributed by atoms with E-state index in [1.165, 1.54) is 23.3 Å². The third-order valence-electron chi connectivity index (χ3n) is 5.64. The van der Waals surface area contributed by atoms with E-state index in [0.29, 0.717) is 54.1 Å². The molecule has 0 radical (unpaired) electrons. The van der Waals surface area contributed by atoms with Crippen LogP contribution in [0.2, 0.25) is 0 Å². The second kappa shape index (κ2) is 9.65. The number of carbonyl (C=O) groups excluding carboxylic acids is 3. The summed E-state index contributed by atoms with van der Waals surface area (Å²) >= 11 is 1.36. The highest BCUT2D eigenvalue weighted by atomic mass is 32.1. The van der Waals surface area contributed by atoms with Crippen LogP contribution in [0.15, 0.2) is 18.2 Å². The minimum Gasteiger partial charge on any atom is -0.497 e. The Kier molecular flexibility index (Phi) is 6.68. The molecular weight excluding hydrogens is 448 g/mol. The minimum absolute atomic E-state index is 0.104. The van der Waals surface area contributed by atoms with Crippen LogP contribution in [0.5, 0.6) is 11.5 Å². The highest BCUT2D eigenvalue weighted by molar-refractivity contribution is 7.16. The van der Waals surface area contributed by atoms with Gasteiger partial charge in [0.05, 0.1) is 32.2 Å². The van der Waals surface area contributed by atoms with Crippen molar-refractivity contribution in [2.45, 2.75) is 25.7 Å². The molecule has 10 nitrogen and oxygen atoms in total. The molecule has 4 rings (SSSR count). The molecule has 1 saturated heterocycles. The van der Waals surface area contributed by atoms with E-state index in [-0.39, 0.29) is 30.4 Å². The summed E-state index contributed by atoms with van der Waals surface area (Å²) < 4.78 is 15.8. The van der Waals surface area contributed by atoms with Crippen molar-refractivity contribution in [2.75, 3.05) is 50.7 Å². The molecule has 2 aliphatic rings. The Balaban J connectivity index is 1.39. The smallest absolute Gasteiger partial charge is 0.325 e. The molecule has 1 aliphatic heterocycles. The van der Waals surface area contributed by atoms with Crippen LogP contribution >= 0.6 is 11.3 Å². The number of thiazole rings is 1.